The number of aromatic hydroxyl groups is 1. The van der Waals surface area contributed by atoms with E-state index in [9.17, 15) is 9.90 Å². The van der Waals surface area contributed by atoms with Gasteiger partial charge in [0.05, 0.1) is 12.7 Å². The van der Waals surface area contributed by atoms with E-state index in [0.29, 0.717) is 11.3 Å². The maximum atomic E-state index is 11.6. The van der Waals surface area contributed by atoms with Crippen molar-refractivity contribution in [3.05, 3.63) is 46.9 Å². The summed E-state index contributed by atoms with van der Waals surface area (Å²) in [4.78, 5) is 14.1. The number of aromatic amines is 1. The number of nitrogens with one attached hydrogen (secondary N) is 1. The zero-order valence-electron chi connectivity index (χ0n) is 8.73. The molecule has 2 aromatic rings. The SMILES string of the molecule is COc1cccc(-c2c(O)cc[nH]c2=O)c1. The van der Waals surface area contributed by atoms with Gasteiger partial charge in [0.15, 0.2) is 0 Å². The van der Waals surface area contributed by atoms with Crippen molar-refractivity contribution in [3.63, 3.8) is 0 Å². The minimum absolute atomic E-state index is 0.0444. The molecule has 4 nitrogen and oxygen atoms in total. The Labute approximate surface area is 92.1 Å². The zero-order valence-corrected chi connectivity index (χ0v) is 8.73. The fourth-order valence-electron chi connectivity index (χ4n) is 1.53. The number of ether oxygens (including phenoxy) is 1. The van der Waals surface area contributed by atoms with Crippen LogP contribution in [0, 0.1) is 0 Å². The Balaban J connectivity index is 2.63. The highest BCUT2D eigenvalue weighted by molar-refractivity contribution is 5.69. The summed E-state index contributed by atoms with van der Waals surface area (Å²) in [7, 11) is 1.55. The molecule has 82 valence electrons. The summed E-state index contributed by atoms with van der Waals surface area (Å²) < 4.78 is 5.06. The van der Waals surface area contributed by atoms with Crippen LogP contribution < -0.4 is 10.3 Å². The minimum Gasteiger partial charge on any atom is -0.507 e. The van der Waals surface area contributed by atoms with Crippen molar-refractivity contribution in [1.82, 2.24) is 4.98 Å². The molecule has 1 heterocycles. The zero-order chi connectivity index (χ0) is 11.5. The first kappa shape index (κ1) is 10.3. The largest absolute Gasteiger partial charge is 0.507 e. The van der Waals surface area contributed by atoms with E-state index in [1.165, 1.54) is 12.3 Å². The Morgan fingerprint density at radius 3 is 2.81 bits per heavy atom. The van der Waals surface area contributed by atoms with Crippen molar-refractivity contribution in [2.45, 2.75) is 0 Å². The van der Waals surface area contributed by atoms with Gasteiger partial charge in [0.2, 0.25) is 0 Å². The monoisotopic (exact) mass is 217 g/mol. The van der Waals surface area contributed by atoms with Crippen molar-refractivity contribution in [3.8, 4) is 22.6 Å². The van der Waals surface area contributed by atoms with Gasteiger partial charge in [-0.3, -0.25) is 4.79 Å². The Morgan fingerprint density at radius 1 is 1.31 bits per heavy atom. The molecule has 16 heavy (non-hydrogen) atoms. The molecule has 0 saturated carbocycles. The summed E-state index contributed by atoms with van der Waals surface area (Å²) in [5.74, 6) is 0.595. The summed E-state index contributed by atoms with van der Waals surface area (Å²) in [6, 6.07) is 8.42. The second-order valence-corrected chi connectivity index (χ2v) is 3.30. The van der Waals surface area contributed by atoms with Crippen LogP contribution in [0.15, 0.2) is 41.3 Å². The number of aromatic nitrogens is 1. The molecule has 0 aliphatic carbocycles. The summed E-state index contributed by atoms with van der Waals surface area (Å²) >= 11 is 0. The lowest BCUT2D eigenvalue weighted by Gasteiger charge is -2.05. The molecule has 0 atom stereocenters. The number of rotatable bonds is 2. The van der Waals surface area contributed by atoms with Gasteiger partial charge in [-0.15, -0.1) is 0 Å². The average Bonchev–Trinajstić information content (AvgIpc) is 2.29. The molecule has 2 rings (SSSR count). The van der Waals surface area contributed by atoms with Crippen LogP contribution in [0.1, 0.15) is 0 Å². The number of benzene rings is 1. The van der Waals surface area contributed by atoms with Crippen molar-refractivity contribution in [2.75, 3.05) is 7.11 Å². The van der Waals surface area contributed by atoms with Gasteiger partial charge in [0, 0.05) is 6.20 Å². The molecule has 4 heteroatoms. The lowest BCUT2D eigenvalue weighted by molar-refractivity contribution is 0.415. The molecule has 0 spiro atoms. The van der Waals surface area contributed by atoms with Crippen molar-refractivity contribution >= 4 is 0 Å². The van der Waals surface area contributed by atoms with Gasteiger partial charge in [0.1, 0.15) is 11.5 Å². The molecule has 0 amide bonds. The third-order valence-electron chi connectivity index (χ3n) is 2.30. The first-order valence-electron chi connectivity index (χ1n) is 4.77. The maximum absolute atomic E-state index is 11.6. The number of hydrogen-bond acceptors (Lipinski definition) is 3. The van der Waals surface area contributed by atoms with Gasteiger partial charge < -0.3 is 14.8 Å². The topological polar surface area (TPSA) is 62.3 Å². The van der Waals surface area contributed by atoms with Crippen LogP contribution in [0.4, 0.5) is 0 Å². The van der Waals surface area contributed by atoms with E-state index >= 15 is 0 Å². The van der Waals surface area contributed by atoms with Crippen molar-refractivity contribution in [1.29, 1.82) is 0 Å². The van der Waals surface area contributed by atoms with Gasteiger partial charge in [0.25, 0.3) is 5.56 Å². The van der Waals surface area contributed by atoms with E-state index in [1.54, 1.807) is 31.4 Å². The van der Waals surface area contributed by atoms with Gasteiger partial charge in [-0.05, 0) is 23.8 Å². The minimum atomic E-state index is -0.326. The normalized spacial score (nSPS) is 10.1. The predicted octanol–water partition coefficient (Wildman–Crippen LogP) is 1.76. The average molecular weight is 217 g/mol. The predicted molar refractivity (Wildman–Crippen MR) is 60.7 cm³/mol. The molecule has 2 N–H and O–H groups in total. The highest BCUT2D eigenvalue weighted by Crippen LogP contribution is 2.27. The van der Waals surface area contributed by atoms with Gasteiger partial charge in [-0.2, -0.15) is 0 Å². The second-order valence-electron chi connectivity index (χ2n) is 3.30. The first-order chi connectivity index (χ1) is 7.72. The Morgan fingerprint density at radius 2 is 2.12 bits per heavy atom. The molecule has 0 radical (unpaired) electrons. The second kappa shape index (κ2) is 4.10. The Hall–Kier alpha value is -2.23. The van der Waals surface area contributed by atoms with E-state index in [0.717, 1.165) is 0 Å². The van der Waals surface area contributed by atoms with Crippen LogP contribution in [-0.4, -0.2) is 17.2 Å². The summed E-state index contributed by atoms with van der Waals surface area (Å²) in [5, 5.41) is 9.65. The third-order valence-corrected chi connectivity index (χ3v) is 2.30. The maximum Gasteiger partial charge on any atom is 0.259 e. The highest BCUT2D eigenvalue weighted by atomic mass is 16.5. The van der Waals surface area contributed by atoms with Crippen LogP contribution in [0.2, 0.25) is 0 Å². The molecular formula is C12H11NO3. The summed E-state index contributed by atoms with van der Waals surface area (Å²) in [6.45, 7) is 0. The van der Waals surface area contributed by atoms with Crippen molar-refractivity contribution < 1.29 is 9.84 Å². The van der Waals surface area contributed by atoms with Crippen LogP contribution in [0.5, 0.6) is 11.5 Å². The fourth-order valence-corrected chi connectivity index (χ4v) is 1.53. The summed E-state index contributed by atoms with van der Waals surface area (Å²) in [6.07, 6.45) is 1.40. The molecule has 0 unspecified atom stereocenters. The standard InChI is InChI=1S/C12H11NO3/c1-16-9-4-2-3-8(7-9)11-10(14)5-6-13-12(11)15/h2-7H,1H3,(H2,13,14,15). The Bertz CT molecular complexity index is 560. The Kier molecular flexibility index (Phi) is 2.64. The first-order valence-corrected chi connectivity index (χ1v) is 4.77. The fraction of sp³-hybridized carbons (Fsp3) is 0.0833. The van der Waals surface area contributed by atoms with E-state index in [4.69, 9.17) is 4.74 Å². The van der Waals surface area contributed by atoms with E-state index in [1.807, 2.05) is 0 Å². The molecule has 0 aliphatic rings. The quantitative estimate of drug-likeness (QED) is 0.805. The van der Waals surface area contributed by atoms with Crippen LogP contribution >= 0.6 is 0 Å². The smallest absolute Gasteiger partial charge is 0.259 e. The number of hydrogen-bond donors (Lipinski definition) is 2. The molecule has 0 saturated heterocycles. The summed E-state index contributed by atoms with van der Waals surface area (Å²) in [5.41, 5.74) is 0.549. The van der Waals surface area contributed by atoms with Gasteiger partial charge >= 0.3 is 0 Å². The lowest BCUT2D eigenvalue weighted by atomic mass is 10.1. The van der Waals surface area contributed by atoms with Gasteiger partial charge in [-0.25, -0.2) is 0 Å². The third kappa shape index (κ3) is 1.77. The van der Waals surface area contributed by atoms with E-state index in [2.05, 4.69) is 4.98 Å². The number of pyridine rings is 1. The van der Waals surface area contributed by atoms with Gasteiger partial charge in [-0.1, -0.05) is 12.1 Å². The highest BCUT2D eigenvalue weighted by Gasteiger charge is 2.09. The van der Waals surface area contributed by atoms with E-state index < -0.39 is 0 Å². The molecule has 0 aliphatic heterocycles. The van der Waals surface area contributed by atoms with Crippen LogP contribution in [0.3, 0.4) is 0 Å². The molecule has 0 fully saturated rings. The van der Waals surface area contributed by atoms with E-state index in [-0.39, 0.29) is 16.9 Å². The van der Waals surface area contributed by atoms with Crippen molar-refractivity contribution in [2.24, 2.45) is 0 Å². The van der Waals surface area contributed by atoms with Crippen LogP contribution in [0.25, 0.3) is 11.1 Å². The molecule has 1 aromatic heterocycles. The molecular weight excluding hydrogens is 206 g/mol. The molecule has 1 aromatic carbocycles. The lowest BCUT2D eigenvalue weighted by Crippen LogP contribution is -2.07. The number of methoxy groups -OCH3 is 1. The molecule has 0 bridgehead atoms. The number of H-pyrrole nitrogens is 1. The van der Waals surface area contributed by atoms with Crippen LogP contribution in [-0.2, 0) is 0 Å².